The number of hydrogen-bond acceptors (Lipinski definition) is 3. The number of allylic oxidation sites excluding steroid dienone is 4. The minimum absolute atomic E-state index is 0.411. The van der Waals surface area contributed by atoms with Crippen LogP contribution in [0.3, 0.4) is 0 Å². The molecule has 1 aliphatic heterocycles. The second-order valence-electron chi connectivity index (χ2n) is 14.8. The van der Waals surface area contributed by atoms with Crippen molar-refractivity contribution in [2.75, 3.05) is 0 Å². The number of nitrogens with one attached hydrogen (secondary N) is 1. The summed E-state index contributed by atoms with van der Waals surface area (Å²) >= 11 is 0. The number of amidine groups is 1. The first kappa shape index (κ1) is 32.4. The lowest BCUT2D eigenvalue weighted by Gasteiger charge is -2.36. The van der Waals surface area contributed by atoms with Crippen molar-refractivity contribution in [2.45, 2.75) is 24.4 Å². The third-order valence-corrected chi connectivity index (χ3v) is 11.8. The molecule has 56 heavy (non-hydrogen) atoms. The molecule has 266 valence electrons. The number of nitrogens with zero attached hydrogens (tertiary/aromatic N) is 3. The monoisotopic (exact) mass is 718 g/mol. The van der Waals surface area contributed by atoms with Crippen LogP contribution < -0.4 is 5.32 Å². The Morgan fingerprint density at radius 2 is 1.27 bits per heavy atom. The quantitative estimate of drug-likeness (QED) is 0.189. The van der Waals surface area contributed by atoms with E-state index in [4.69, 9.17) is 9.98 Å². The van der Waals surface area contributed by atoms with E-state index in [9.17, 15) is 0 Å². The molecule has 4 heteroatoms. The number of benzene rings is 7. The van der Waals surface area contributed by atoms with Crippen molar-refractivity contribution in [3.05, 3.63) is 228 Å². The average molecular weight is 719 g/mol. The van der Waals surface area contributed by atoms with Gasteiger partial charge in [0.1, 0.15) is 5.84 Å². The zero-order valence-corrected chi connectivity index (χ0v) is 30.8. The maximum atomic E-state index is 5.40. The summed E-state index contributed by atoms with van der Waals surface area (Å²) in [6, 6.07) is 63.4. The smallest absolute Gasteiger partial charge is 0.211 e. The molecular weight excluding hydrogens is 681 g/mol. The van der Waals surface area contributed by atoms with E-state index in [0.29, 0.717) is 0 Å². The van der Waals surface area contributed by atoms with Crippen LogP contribution in [0, 0.1) is 0 Å². The molecule has 2 atom stereocenters. The molecule has 0 saturated heterocycles. The van der Waals surface area contributed by atoms with Crippen LogP contribution in [-0.4, -0.2) is 16.4 Å². The minimum atomic E-state index is -0.427. The van der Waals surface area contributed by atoms with Gasteiger partial charge in [0.25, 0.3) is 0 Å². The van der Waals surface area contributed by atoms with Crippen LogP contribution in [0.15, 0.2) is 210 Å². The standard InChI is InChI=1S/C52H38N4/c1-6-18-35(19-7-1)38-30-32-45-42(34-38)48-46(56(45)51-54-49(36-20-8-2-9-21-36)53-50(55-51)37-22-10-3-11-23-37)33-31-44-47(48)41-28-16-17-29-43(41)52(44,39-24-12-4-13-25-39)40-26-14-5-15-27-40/h1-14,16-26,28-34,49H,15,27H2,(H,53,54,55). The molecule has 0 fully saturated rings. The maximum Gasteiger partial charge on any atom is 0.211 e. The Hall–Kier alpha value is -7.04. The molecule has 2 heterocycles. The van der Waals surface area contributed by atoms with Gasteiger partial charge in [-0.25, -0.2) is 9.98 Å². The van der Waals surface area contributed by atoms with Gasteiger partial charge in [0.2, 0.25) is 5.96 Å². The molecule has 3 aliphatic rings. The molecule has 0 bridgehead atoms. The highest BCUT2D eigenvalue weighted by Gasteiger charge is 2.48. The topological polar surface area (TPSA) is 41.7 Å². The first-order valence-electron chi connectivity index (χ1n) is 19.5. The highest BCUT2D eigenvalue weighted by atomic mass is 15.3. The summed E-state index contributed by atoms with van der Waals surface area (Å²) in [6.45, 7) is 0. The number of fused-ring (bicyclic) bond motifs is 7. The third-order valence-electron chi connectivity index (χ3n) is 11.8. The minimum Gasteiger partial charge on any atom is -0.310 e. The summed E-state index contributed by atoms with van der Waals surface area (Å²) in [5.74, 6) is 1.55. The van der Waals surface area contributed by atoms with Crippen molar-refractivity contribution < 1.29 is 0 Å². The van der Waals surface area contributed by atoms with E-state index in [1.807, 2.05) is 12.1 Å². The van der Waals surface area contributed by atoms with Gasteiger partial charge in [-0.15, -0.1) is 0 Å². The normalized spacial score (nSPS) is 18.5. The van der Waals surface area contributed by atoms with E-state index >= 15 is 0 Å². The van der Waals surface area contributed by atoms with Crippen molar-refractivity contribution in [1.29, 1.82) is 0 Å². The lowest BCUT2D eigenvalue weighted by Crippen LogP contribution is -2.39. The lowest BCUT2D eigenvalue weighted by atomic mass is 9.65. The zero-order valence-electron chi connectivity index (χ0n) is 30.8. The van der Waals surface area contributed by atoms with E-state index in [2.05, 4.69) is 192 Å². The van der Waals surface area contributed by atoms with Gasteiger partial charge >= 0.3 is 0 Å². The van der Waals surface area contributed by atoms with Crippen molar-refractivity contribution >= 4 is 33.6 Å². The molecular formula is C52H38N4. The molecule has 0 amide bonds. The van der Waals surface area contributed by atoms with Crippen LogP contribution in [0.2, 0.25) is 0 Å². The zero-order chi connectivity index (χ0) is 37.1. The summed E-state index contributed by atoms with van der Waals surface area (Å²) in [6.07, 6.45) is 8.53. The fraction of sp³-hybridized carbons (Fsp3) is 0.0769. The van der Waals surface area contributed by atoms with E-state index < -0.39 is 11.6 Å². The maximum absolute atomic E-state index is 5.40. The van der Waals surface area contributed by atoms with E-state index in [1.54, 1.807) is 0 Å². The number of aliphatic imine (C=N–C) groups is 2. The molecule has 4 nitrogen and oxygen atoms in total. The molecule has 7 aromatic carbocycles. The summed E-state index contributed by atoms with van der Waals surface area (Å²) in [5.41, 5.74) is 14.2. The van der Waals surface area contributed by atoms with Crippen LogP contribution in [0.4, 0.5) is 0 Å². The Kier molecular flexibility index (Phi) is 7.56. The van der Waals surface area contributed by atoms with E-state index in [-0.39, 0.29) is 0 Å². The van der Waals surface area contributed by atoms with Gasteiger partial charge in [-0.05, 0) is 75.5 Å². The fourth-order valence-electron chi connectivity index (χ4n) is 9.43. The van der Waals surface area contributed by atoms with Gasteiger partial charge in [0, 0.05) is 16.3 Å². The van der Waals surface area contributed by atoms with Gasteiger partial charge < -0.3 is 5.32 Å². The average Bonchev–Trinajstić information content (AvgIpc) is 3.78. The predicted octanol–water partition coefficient (Wildman–Crippen LogP) is 12.0. The van der Waals surface area contributed by atoms with Gasteiger partial charge in [0.05, 0.1) is 16.4 Å². The third kappa shape index (κ3) is 4.92. The summed E-state index contributed by atoms with van der Waals surface area (Å²) in [7, 11) is 0. The van der Waals surface area contributed by atoms with Gasteiger partial charge in [-0.1, -0.05) is 182 Å². The molecule has 2 aliphatic carbocycles. The molecule has 2 unspecified atom stereocenters. The molecule has 1 aromatic heterocycles. The Labute approximate surface area is 326 Å². The number of hydrogen-bond donors (Lipinski definition) is 1. The second kappa shape index (κ2) is 13.1. The van der Waals surface area contributed by atoms with Crippen molar-refractivity contribution in [3.63, 3.8) is 0 Å². The summed E-state index contributed by atoms with van der Waals surface area (Å²) in [5, 5.41) is 6.16. The van der Waals surface area contributed by atoms with Crippen molar-refractivity contribution in [3.8, 4) is 22.3 Å². The van der Waals surface area contributed by atoms with Crippen molar-refractivity contribution in [1.82, 2.24) is 9.88 Å². The first-order chi connectivity index (χ1) is 27.8. The van der Waals surface area contributed by atoms with E-state index in [0.717, 1.165) is 46.8 Å². The van der Waals surface area contributed by atoms with Crippen LogP contribution >= 0.6 is 0 Å². The van der Waals surface area contributed by atoms with Crippen LogP contribution in [0.1, 0.15) is 46.8 Å². The summed E-state index contributed by atoms with van der Waals surface area (Å²) in [4.78, 5) is 10.6. The molecule has 0 radical (unpaired) electrons. The Morgan fingerprint density at radius 1 is 0.589 bits per heavy atom. The molecule has 0 spiro atoms. The lowest BCUT2D eigenvalue weighted by molar-refractivity contribution is 0.693. The van der Waals surface area contributed by atoms with Crippen LogP contribution in [0.5, 0.6) is 0 Å². The molecule has 11 rings (SSSR count). The Morgan fingerprint density at radius 3 is 2.02 bits per heavy atom. The molecule has 1 N–H and O–H groups in total. The highest BCUT2D eigenvalue weighted by molar-refractivity contribution is 6.23. The molecule has 0 saturated carbocycles. The van der Waals surface area contributed by atoms with Gasteiger partial charge in [-0.2, -0.15) is 0 Å². The number of rotatable bonds is 5. The predicted molar refractivity (Wildman–Crippen MR) is 231 cm³/mol. The Bertz CT molecular complexity index is 2920. The molecule has 8 aromatic rings. The highest BCUT2D eigenvalue weighted by Crippen LogP contribution is 2.60. The van der Waals surface area contributed by atoms with Gasteiger partial charge in [-0.3, -0.25) is 4.57 Å². The first-order valence-corrected chi connectivity index (χ1v) is 19.5. The van der Waals surface area contributed by atoms with Crippen LogP contribution in [-0.2, 0) is 5.41 Å². The van der Waals surface area contributed by atoms with Crippen molar-refractivity contribution in [2.24, 2.45) is 9.98 Å². The van der Waals surface area contributed by atoms with Gasteiger partial charge in [0.15, 0.2) is 6.17 Å². The number of aromatic nitrogens is 1. The Balaban J connectivity index is 1.24. The summed E-state index contributed by atoms with van der Waals surface area (Å²) < 4.78 is 2.33. The second-order valence-corrected chi connectivity index (χ2v) is 14.8. The largest absolute Gasteiger partial charge is 0.310 e. The fourth-order valence-corrected chi connectivity index (χ4v) is 9.43. The van der Waals surface area contributed by atoms with Crippen LogP contribution in [0.25, 0.3) is 44.1 Å². The SMILES string of the molecule is C1=CCCC(C2(c3ccccc3)c3ccccc3-c3c2ccc2c3c3cc(-c4ccccc4)ccc3n2C2=NC(c3ccccc3)N=C(c3ccccc3)N2)=C1. The van der Waals surface area contributed by atoms with E-state index in [1.165, 1.54) is 55.3 Å².